The minimum atomic E-state index is -4.13. The van der Waals surface area contributed by atoms with Crippen LogP contribution in [0.5, 0.6) is 0 Å². The maximum atomic E-state index is 15.7. The van der Waals surface area contributed by atoms with Gasteiger partial charge in [-0.15, -0.1) is 0 Å². The molecule has 73 heavy (non-hydrogen) atoms. The molecule has 0 spiro atoms. The topological polar surface area (TPSA) is 180 Å². The van der Waals surface area contributed by atoms with Crippen LogP contribution in [0.1, 0.15) is 86.8 Å². The number of anilines is 1. The number of fused-ring (bicyclic) bond motifs is 5. The number of alkyl halides is 6. The Morgan fingerprint density at radius 2 is 1.60 bits per heavy atom. The first-order chi connectivity index (χ1) is 34.2. The van der Waals surface area contributed by atoms with E-state index < -0.39 is 132 Å². The Labute approximate surface area is 415 Å². The molecular formula is C48H41ClF8N8O6S2. The first-order valence-corrected chi connectivity index (χ1v) is 26.1. The summed E-state index contributed by atoms with van der Waals surface area (Å²) < 4.78 is 176. The number of benzene rings is 4. The number of aromatic nitrogens is 6. The fourth-order valence-corrected chi connectivity index (χ4v) is 12.4. The summed E-state index contributed by atoms with van der Waals surface area (Å²) in [6.07, 6.45) is -6.52. The van der Waals surface area contributed by atoms with Gasteiger partial charge in [0.2, 0.25) is 15.9 Å². The van der Waals surface area contributed by atoms with Crippen LogP contribution >= 0.6 is 11.6 Å². The predicted octanol–water partition coefficient (Wildman–Crippen LogP) is 9.52. The molecule has 10 rings (SSSR count). The van der Waals surface area contributed by atoms with E-state index in [1.54, 1.807) is 6.07 Å². The Morgan fingerprint density at radius 1 is 0.904 bits per heavy atom. The maximum Gasteiger partial charge on any atom is 0.293 e. The second-order valence-electron chi connectivity index (χ2n) is 19.3. The molecule has 3 heterocycles. The Morgan fingerprint density at radius 3 is 2.26 bits per heavy atom. The minimum Gasteiger partial charge on any atom is -0.344 e. The van der Waals surface area contributed by atoms with Gasteiger partial charge in [-0.1, -0.05) is 29.8 Å². The number of amides is 1. The van der Waals surface area contributed by atoms with E-state index in [1.807, 2.05) is 0 Å². The second-order valence-corrected chi connectivity index (χ2v) is 24.4. The molecule has 1 amide bonds. The number of carbonyl (C=O) groups is 1. The molecule has 2 fully saturated rings. The predicted molar refractivity (Wildman–Crippen MR) is 252 cm³/mol. The normalized spacial score (nSPS) is 17.9. The van der Waals surface area contributed by atoms with Crippen LogP contribution in [0.4, 0.5) is 40.9 Å². The monoisotopic (exact) mass is 1080 g/mol. The summed E-state index contributed by atoms with van der Waals surface area (Å²) in [5, 5.41) is 9.04. The fourth-order valence-electron chi connectivity index (χ4n) is 9.54. The molecule has 3 atom stereocenters. The number of halogens is 9. The molecule has 0 saturated heterocycles. The highest BCUT2D eigenvalue weighted by Crippen LogP contribution is 2.68. The third-order valence-electron chi connectivity index (χ3n) is 13.2. The van der Waals surface area contributed by atoms with Crippen LogP contribution in [0, 0.1) is 17.6 Å². The number of rotatable bonds is 15. The van der Waals surface area contributed by atoms with Gasteiger partial charge in [0.25, 0.3) is 24.3 Å². The summed E-state index contributed by atoms with van der Waals surface area (Å²) in [6, 6.07) is 13.1. The zero-order valence-corrected chi connectivity index (χ0v) is 40.9. The van der Waals surface area contributed by atoms with Crippen molar-refractivity contribution in [1.82, 2.24) is 34.4 Å². The molecule has 3 aromatic heterocycles. The number of nitrogens with zero attached hydrogens (tertiary/aromatic N) is 6. The standard InChI is InChI=1S/C48H41ClF8N8O6S2/c1-47(2,3)72(68,69)28-6-4-5-23(16-28)24-7-10-29-33(17-24)59-45(65(46(29)67)35-12-11-32(49)39-41(35)63(20-36(52)53)61-44(39)62-73(70,71)27-8-9-27)34(15-22-13-25(50)18-26(51)14-22)58-37(66)21-64-42-38(40(60-64)43(54)55)30-19-31(30)48(42,56)57/h4-7,10-14,16-18,27,30-31,34,36,43H,8-9,15,19-21H2,1-3H3,(H,58,66)(H,61,62)/t30-,31+,34-/m0/s1. The molecule has 2 saturated carbocycles. The molecule has 384 valence electrons. The van der Waals surface area contributed by atoms with Crippen LogP contribution in [0.25, 0.3) is 38.6 Å². The smallest absolute Gasteiger partial charge is 0.293 e. The number of carbonyl (C=O) groups excluding carboxylic acids is 1. The fraction of sp³-hybridized carbons (Fsp3) is 0.354. The number of nitrogens with one attached hydrogen (secondary N) is 2. The summed E-state index contributed by atoms with van der Waals surface area (Å²) in [6.45, 7) is 2.28. The SMILES string of the molecule is CC(C)(C)S(=O)(=O)c1cccc(-c2ccc3c(=O)n(-c4ccc(Cl)c5c(NS(=O)(=O)C6CC6)nn(CC(F)F)c45)c([C@H](Cc4cc(F)cc(F)c4)NC(=O)Cn4nc(C(F)F)c5c4C(F)(F)[C@@H]4C[C@H]54)nc3c2)c1. The van der Waals surface area contributed by atoms with Crippen molar-refractivity contribution in [3.8, 4) is 16.8 Å². The molecule has 7 aromatic rings. The molecule has 0 bridgehead atoms. The number of sulfonamides is 1. The Balaban J connectivity index is 1.20. The lowest BCUT2D eigenvalue weighted by atomic mass is 10.0. The summed E-state index contributed by atoms with van der Waals surface area (Å²) in [5.74, 6) is -10.1. The van der Waals surface area contributed by atoms with E-state index in [0.717, 1.165) is 16.7 Å². The molecule has 4 aromatic carbocycles. The quantitative estimate of drug-likeness (QED) is 0.0946. The van der Waals surface area contributed by atoms with E-state index in [-0.39, 0.29) is 55.0 Å². The van der Waals surface area contributed by atoms with E-state index in [1.165, 1.54) is 69.3 Å². The van der Waals surface area contributed by atoms with Crippen LogP contribution in [0.2, 0.25) is 5.02 Å². The van der Waals surface area contributed by atoms with E-state index >= 15 is 13.6 Å². The van der Waals surface area contributed by atoms with Gasteiger partial charge in [-0.05, 0) is 111 Å². The summed E-state index contributed by atoms with van der Waals surface area (Å²) in [4.78, 5) is 34.5. The molecule has 3 aliphatic carbocycles. The van der Waals surface area contributed by atoms with Crippen molar-refractivity contribution in [3.05, 3.63) is 128 Å². The van der Waals surface area contributed by atoms with Crippen molar-refractivity contribution in [2.24, 2.45) is 5.92 Å². The first-order valence-electron chi connectivity index (χ1n) is 22.7. The lowest BCUT2D eigenvalue weighted by molar-refractivity contribution is -0.123. The Kier molecular flexibility index (Phi) is 12.1. The number of sulfone groups is 1. The zero-order chi connectivity index (χ0) is 52.4. The molecule has 14 nitrogen and oxygen atoms in total. The molecule has 2 N–H and O–H groups in total. The summed E-state index contributed by atoms with van der Waals surface area (Å²) in [5.41, 5.74) is -3.42. The van der Waals surface area contributed by atoms with Gasteiger partial charge in [-0.3, -0.25) is 28.2 Å². The zero-order valence-electron chi connectivity index (χ0n) is 38.5. The maximum absolute atomic E-state index is 15.7. The molecule has 3 aliphatic rings. The van der Waals surface area contributed by atoms with Crippen LogP contribution in [-0.4, -0.2) is 68.3 Å². The van der Waals surface area contributed by atoms with Crippen LogP contribution in [0.15, 0.2) is 82.5 Å². The van der Waals surface area contributed by atoms with Gasteiger partial charge in [0.1, 0.15) is 41.9 Å². The minimum absolute atomic E-state index is 0.0315. The highest BCUT2D eigenvalue weighted by Gasteiger charge is 2.67. The van der Waals surface area contributed by atoms with Gasteiger partial charge in [-0.2, -0.15) is 19.0 Å². The largest absolute Gasteiger partial charge is 0.344 e. The van der Waals surface area contributed by atoms with Gasteiger partial charge in [0.15, 0.2) is 15.7 Å². The van der Waals surface area contributed by atoms with E-state index in [0.29, 0.717) is 39.4 Å². The first kappa shape index (κ1) is 50.1. The molecule has 25 heteroatoms. The van der Waals surface area contributed by atoms with E-state index in [9.17, 15) is 48.0 Å². The van der Waals surface area contributed by atoms with Crippen molar-refractivity contribution in [2.45, 2.75) is 105 Å². The van der Waals surface area contributed by atoms with Crippen molar-refractivity contribution in [3.63, 3.8) is 0 Å². The van der Waals surface area contributed by atoms with Crippen molar-refractivity contribution in [2.75, 3.05) is 4.72 Å². The third kappa shape index (κ3) is 8.91. The van der Waals surface area contributed by atoms with E-state index in [4.69, 9.17) is 16.6 Å². The summed E-state index contributed by atoms with van der Waals surface area (Å²) in [7, 11) is -8.02. The molecule has 0 unspecified atom stereocenters. The Hall–Kier alpha value is -6.40. The van der Waals surface area contributed by atoms with Crippen molar-refractivity contribution >= 4 is 65.0 Å². The van der Waals surface area contributed by atoms with Gasteiger partial charge in [-0.25, -0.2) is 48.2 Å². The van der Waals surface area contributed by atoms with E-state index in [2.05, 4.69) is 20.2 Å². The summed E-state index contributed by atoms with van der Waals surface area (Å²) >= 11 is 6.70. The number of hydrogen-bond donors (Lipinski definition) is 2. The Bertz CT molecular complexity index is 3720. The van der Waals surface area contributed by atoms with Crippen LogP contribution < -0.4 is 15.6 Å². The average Bonchev–Trinajstić information content (AvgIpc) is 4.23. The highest BCUT2D eigenvalue weighted by atomic mass is 35.5. The van der Waals surface area contributed by atoms with Gasteiger partial charge in [0, 0.05) is 24.0 Å². The lowest BCUT2D eigenvalue weighted by Gasteiger charge is -2.24. The average molecular weight is 1080 g/mol. The third-order valence-corrected chi connectivity index (χ3v) is 17.9. The van der Waals surface area contributed by atoms with Gasteiger partial charge < -0.3 is 5.32 Å². The second kappa shape index (κ2) is 17.6. The van der Waals surface area contributed by atoms with Crippen molar-refractivity contribution in [1.29, 1.82) is 0 Å². The van der Waals surface area contributed by atoms with Gasteiger partial charge >= 0.3 is 0 Å². The van der Waals surface area contributed by atoms with Crippen molar-refractivity contribution < 1.29 is 56.8 Å². The lowest BCUT2D eigenvalue weighted by Crippen LogP contribution is -2.38. The molecule has 0 aliphatic heterocycles. The van der Waals surface area contributed by atoms with Gasteiger partial charge in [0.05, 0.1) is 53.5 Å². The number of hydrogen-bond acceptors (Lipinski definition) is 9. The molecular weight excluding hydrogens is 1040 g/mol. The van der Waals surface area contributed by atoms with Crippen LogP contribution in [0.3, 0.4) is 0 Å². The molecule has 0 radical (unpaired) electrons. The highest BCUT2D eigenvalue weighted by molar-refractivity contribution is 7.93. The van der Waals surface area contributed by atoms with Crippen LogP contribution in [-0.2, 0) is 50.1 Å².